The van der Waals surface area contributed by atoms with Gasteiger partial charge in [-0.2, -0.15) is 0 Å². The third-order valence-electron chi connectivity index (χ3n) is 5.45. The minimum atomic E-state index is -0.174. The summed E-state index contributed by atoms with van der Waals surface area (Å²) in [5.74, 6) is 3.59. The molecule has 32 heavy (non-hydrogen) atoms. The Bertz CT molecular complexity index is 1140. The molecular formula is C23H25N7O2. The summed E-state index contributed by atoms with van der Waals surface area (Å²) in [5.41, 5.74) is 2.89. The van der Waals surface area contributed by atoms with Crippen molar-refractivity contribution in [2.45, 2.75) is 25.3 Å². The maximum Gasteiger partial charge on any atom is 0.306 e. The number of benzene rings is 1. The van der Waals surface area contributed by atoms with E-state index in [1.54, 1.807) is 6.20 Å². The van der Waals surface area contributed by atoms with Crippen LogP contribution in [0.2, 0.25) is 0 Å². The van der Waals surface area contributed by atoms with Crippen molar-refractivity contribution in [1.29, 1.82) is 0 Å². The molecule has 9 heteroatoms. The standard InChI is InChI=1S/C23H25N7O2/c1-3-16-5-4-6-18(13-16)27-22-21-19(25-15-26-22)14-24-23(29-21)28-17-7-10-30(11-8-17)12-9-20(31)32-2/h1,4-6,13-15,17H,7-12H2,2H3,(H,24,28,29)(H,25,26,27). The summed E-state index contributed by atoms with van der Waals surface area (Å²) in [6, 6.07) is 7.81. The molecule has 0 spiro atoms. The molecule has 1 aliphatic heterocycles. The Morgan fingerprint density at radius 1 is 1.28 bits per heavy atom. The summed E-state index contributed by atoms with van der Waals surface area (Å²) >= 11 is 0. The minimum absolute atomic E-state index is 0.174. The number of nitrogens with one attached hydrogen (secondary N) is 2. The first-order chi connectivity index (χ1) is 15.6. The summed E-state index contributed by atoms with van der Waals surface area (Å²) < 4.78 is 4.72. The number of hydrogen-bond acceptors (Lipinski definition) is 9. The van der Waals surface area contributed by atoms with Crippen LogP contribution in [0.1, 0.15) is 24.8 Å². The Balaban J connectivity index is 1.43. The van der Waals surface area contributed by atoms with Crippen LogP contribution < -0.4 is 10.6 Å². The lowest BCUT2D eigenvalue weighted by Gasteiger charge is -2.32. The highest BCUT2D eigenvalue weighted by molar-refractivity contribution is 5.87. The number of carbonyl (C=O) groups is 1. The van der Waals surface area contributed by atoms with E-state index in [1.807, 2.05) is 24.3 Å². The third-order valence-corrected chi connectivity index (χ3v) is 5.45. The largest absolute Gasteiger partial charge is 0.469 e. The first kappa shape index (κ1) is 21.5. The van der Waals surface area contributed by atoms with Crippen LogP contribution >= 0.6 is 0 Å². The van der Waals surface area contributed by atoms with Gasteiger partial charge in [0.25, 0.3) is 0 Å². The first-order valence-corrected chi connectivity index (χ1v) is 10.5. The molecule has 3 aromatic rings. The van der Waals surface area contributed by atoms with E-state index in [1.165, 1.54) is 13.4 Å². The number of aromatic nitrogens is 4. The molecule has 0 unspecified atom stereocenters. The second-order valence-electron chi connectivity index (χ2n) is 7.59. The van der Waals surface area contributed by atoms with Crippen molar-refractivity contribution in [2.24, 2.45) is 0 Å². The average Bonchev–Trinajstić information content (AvgIpc) is 2.84. The van der Waals surface area contributed by atoms with Gasteiger partial charge in [-0.15, -0.1) is 6.42 Å². The predicted molar refractivity (Wildman–Crippen MR) is 123 cm³/mol. The van der Waals surface area contributed by atoms with E-state index in [4.69, 9.17) is 11.2 Å². The predicted octanol–water partition coefficient (Wildman–Crippen LogP) is 2.58. The molecule has 1 saturated heterocycles. The van der Waals surface area contributed by atoms with Crippen LogP contribution in [0.5, 0.6) is 0 Å². The second kappa shape index (κ2) is 10.0. The quantitative estimate of drug-likeness (QED) is 0.431. The highest BCUT2D eigenvalue weighted by Gasteiger charge is 2.20. The number of piperidine rings is 1. The van der Waals surface area contributed by atoms with E-state index < -0.39 is 0 Å². The number of fused-ring (bicyclic) bond motifs is 1. The van der Waals surface area contributed by atoms with Crippen LogP contribution in [-0.4, -0.2) is 63.6 Å². The van der Waals surface area contributed by atoms with E-state index >= 15 is 0 Å². The lowest BCUT2D eigenvalue weighted by Crippen LogP contribution is -2.40. The topological polar surface area (TPSA) is 105 Å². The SMILES string of the molecule is C#Cc1cccc(Nc2ncnc3cnc(NC4CCN(CCC(=O)OC)CC4)nc23)c1. The van der Waals surface area contributed by atoms with Gasteiger partial charge in [-0.1, -0.05) is 12.0 Å². The zero-order chi connectivity index (χ0) is 22.3. The fourth-order valence-corrected chi connectivity index (χ4v) is 3.67. The van der Waals surface area contributed by atoms with Crippen LogP contribution in [0, 0.1) is 12.3 Å². The number of rotatable bonds is 7. The molecule has 1 aromatic carbocycles. The number of esters is 1. The van der Waals surface area contributed by atoms with Gasteiger partial charge in [0.2, 0.25) is 5.95 Å². The molecule has 0 radical (unpaired) electrons. The Labute approximate surface area is 186 Å². The van der Waals surface area contributed by atoms with Crippen molar-refractivity contribution in [3.05, 3.63) is 42.4 Å². The van der Waals surface area contributed by atoms with Crippen molar-refractivity contribution in [3.63, 3.8) is 0 Å². The van der Waals surface area contributed by atoms with Crippen LogP contribution in [-0.2, 0) is 9.53 Å². The van der Waals surface area contributed by atoms with Gasteiger partial charge in [0.1, 0.15) is 17.4 Å². The molecule has 1 fully saturated rings. The van der Waals surface area contributed by atoms with E-state index in [0.29, 0.717) is 29.2 Å². The van der Waals surface area contributed by atoms with Crippen molar-refractivity contribution in [2.75, 3.05) is 37.4 Å². The number of nitrogens with zero attached hydrogens (tertiary/aromatic N) is 5. The maximum atomic E-state index is 11.3. The van der Waals surface area contributed by atoms with Gasteiger partial charge in [-0.05, 0) is 31.0 Å². The molecular weight excluding hydrogens is 406 g/mol. The second-order valence-corrected chi connectivity index (χ2v) is 7.59. The molecule has 0 amide bonds. The van der Waals surface area contributed by atoms with E-state index in [9.17, 15) is 4.79 Å². The first-order valence-electron chi connectivity index (χ1n) is 10.5. The molecule has 164 valence electrons. The molecule has 2 N–H and O–H groups in total. The lowest BCUT2D eigenvalue weighted by atomic mass is 10.1. The molecule has 9 nitrogen and oxygen atoms in total. The summed E-state index contributed by atoms with van der Waals surface area (Å²) in [6.07, 6.45) is 11.0. The molecule has 0 bridgehead atoms. The molecule has 0 aliphatic carbocycles. The average molecular weight is 432 g/mol. The van der Waals surface area contributed by atoms with Gasteiger partial charge in [0.05, 0.1) is 19.7 Å². The maximum absolute atomic E-state index is 11.3. The summed E-state index contributed by atoms with van der Waals surface area (Å²) in [7, 11) is 1.42. The Morgan fingerprint density at radius 3 is 2.91 bits per heavy atom. The number of likely N-dealkylation sites (tertiary alicyclic amines) is 1. The zero-order valence-corrected chi connectivity index (χ0v) is 17.9. The molecule has 1 aliphatic rings. The summed E-state index contributed by atoms with van der Waals surface area (Å²) in [6.45, 7) is 2.53. The minimum Gasteiger partial charge on any atom is -0.469 e. The summed E-state index contributed by atoms with van der Waals surface area (Å²) in [4.78, 5) is 31.3. The third kappa shape index (κ3) is 5.28. The number of terminal acetylenes is 1. The van der Waals surface area contributed by atoms with Crippen molar-refractivity contribution >= 4 is 34.5 Å². The van der Waals surface area contributed by atoms with Crippen LogP contribution in [0.4, 0.5) is 17.5 Å². The lowest BCUT2D eigenvalue weighted by molar-refractivity contribution is -0.141. The van der Waals surface area contributed by atoms with Crippen LogP contribution in [0.15, 0.2) is 36.8 Å². The highest BCUT2D eigenvalue weighted by Crippen LogP contribution is 2.23. The van der Waals surface area contributed by atoms with E-state index in [2.05, 4.69) is 41.4 Å². The fraction of sp³-hybridized carbons (Fsp3) is 0.348. The number of methoxy groups -OCH3 is 1. The van der Waals surface area contributed by atoms with Gasteiger partial charge in [0, 0.05) is 36.9 Å². The smallest absolute Gasteiger partial charge is 0.306 e. The van der Waals surface area contributed by atoms with Gasteiger partial charge >= 0.3 is 5.97 Å². The van der Waals surface area contributed by atoms with Gasteiger partial charge < -0.3 is 20.3 Å². The number of anilines is 3. The van der Waals surface area contributed by atoms with E-state index in [0.717, 1.165) is 43.7 Å². The summed E-state index contributed by atoms with van der Waals surface area (Å²) in [5, 5.41) is 6.71. The number of hydrogen-bond donors (Lipinski definition) is 2. The zero-order valence-electron chi connectivity index (χ0n) is 17.9. The van der Waals surface area contributed by atoms with Crippen molar-refractivity contribution < 1.29 is 9.53 Å². The Kier molecular flexibility index (Phi) is 6.72. The van der Waals surface area contributed by atoms with Gasteiger partial charge in [-0.25, -0.2) is 19.9 Å². The monoisotopic (exact) mass is 431 g/mol. The number of carbonyl (C=O) groups excluding carboxylic acids is 1. The van der Waals surface area contributed by atoms with Crippen LogP contribution in [0.25, 0.3) is 11.0 Å². The van der Waals surface area contributed by atoms with Crippen molar-refractivity contribution in [3.8, 4) is 12.3 Å². The van der Waals surface area contributed by atoms with Gasteiger partial charge in [-0.3, -0.25) is 4.79 Å². The normalized spacial score (nSPS) is 14.6. The Hall–Kier alpha value is -3.77. The van der Waals surface area contributed by atoms with Crippen molar-refractivity contribution in [1.82, 2.24) is 24.8 Å². The number of ether oxygens (including phenoxy) is 1. The van der Waals surface area contributed by atoms with E-state index in [-0.39, 0.29) is 12.0 Å². The van der Waals surface area contributed by atoms with Crippen LogP contribution in [0.3, 0.4) is 0 Å². The molecule has 0 atom stereocenters. The molecule has 0 saturated carbocycles. The fourth-order valence-electron chi connectivity index (χ4n) is 3.67. The molecule has 4 rings (SSSR count). The highest BCUT2D eigenvalue weighted by atomic mass is 16.5. The Morgan fingerprint density at radius 2 is 2.12 bits per heavy atom. The van der Waals surface area contributed by atoms with Gasteiger partial charge in [0.15, 0.2) is 5.82 Å². The molecule has 2 aromatic heterocycles. The molecule has 3 heterocycles.